The minimum absolute atomic E-state index is 0.335. The highest BCUT2D eigenvalue weighted by atomic mass is 79.9. The molecule has 0 radical (unpaired) electrons. The zero-order valence-corrected chi connectivity index (χ0v) is 7.69. The fourth-order valence-electron chi connectivity index (χ4n) is 1.69. The largest absolute Gasteiger partial charge is 0.303 e. The number of rotatable bonds is 3. The minimum atomic E-state index is 0.335. The molecule has 1 rings (SSSR count). The highest BCUT2D eigenvalue weighted by Crippen LogP contribution is 2.41. The van der Waals surface area contributed by atoms with Crippen molar-refractivity contribution in [1.82, 2.24) is 0 Å². The van der Waals surface area contributed by atoms with Crippen LogP contribution >= 0.6 is 15.9 Å². The first-order chi connectivity index (χ1) is 4.83. The quantitative estimate of drug-likeness (QED) is 0.511. The Hall–Kier alpha value is 0.150. The van der Waals surface area contributed by atoms with Crippen LogP contribution < -0.4 is 0 Å². The maximum Gasteiger partial charge on any atom is 0.120 e. The van der Waals surface area contributed by atoms with Gasteiger partial charge in [0.1, 0.15) is 6.29 Å². The fraction of sp³-hybridized carbons (Fsp3) is 0.875. The van der Waals surface area contributed by atoms with Crippen molar-refractivity contribution in [3.63, 3.8) is 0 Å². The maximum absolute atomic E-state index is 10.3. The number of hydrogen-bond acceptors (Lipinski definition) is 1. The van der Waals surface area contributed by atoms with E-state index in [0.29, 0.717) is 5.41 Å². The lowest BCUT2D eigenvalue weighted by atomic mass is 9.86. The molecule has 0 atom stereocenters. The van der Waals surface area contributed by atoms with Crippen LogP contribution in [0.25, 0.3) is 0 Å². The van der Waals surface area contributed by atoms with Gasteiger partial charge in [-0.05, 0) is 18.3 Å². The van der Waals surface area contributed by atoms with Gasteiger partial charge in [-0.15, -0.1) is 0 Å². The third-order valence-electron chi connectivity index (χ3n) is 2.46. The number of alkyl halides is 1. The topological polar surface area (TPSA) is 17.1 Å². The Morgan fingerprint density at radius 3 is 2.40 bits per heavy atom. The summed E-state index contributed by atoms with van der Waals surface area (Å²) in [7, 11) is 0. The summed E-state index contributed by atoms with van der Waals surface area (Å²) >= 11 is 3.48. The highest BCUT2D eigenvalue weighted by Gasteiger charge is 2.31. The average Bonchev–Trinajstić information content (AvgIpc) is 2.39. The molecule has 0 saturated heterocycles. The Morgan fingerprint density at radius 1 is 1.40 bits per heavy atom. The van der Waals surface area contributed by atoms with Gasteiger partial charge in [0.05, 0.1) is 0 Å². The summed E-state index contributed by atoms with van der Waals surface area (Å²) in [6.45, 7) is 0. The number of hydrogen-bond donors (Lipinski definition) is 0. The SMILES string of the molecule is O=CCC1(CBr)CCCC1. The van der Waals surface area contributed by atoms with Crippen molar-refractivity contribution in [2.75, 3.05) is 5.33 Å². The van der Waals surface area contributed by atoms with Crippen molar-refractivity contribution in [1.29, 1.82) is 0 Å². The second-order valence-electron chi connectivity index (χ2n) is 3.21. The molecule has 0 aromatic heterocycles. The van der Waals surface area contributed by atoms with Crippen LogP contribution in [0, 0.1) is 5.41 Å². The maximum atomic E-state index is 10.3. The number of halogens is 1. The van der Waals surface area contributed by atoms with Crippen LogP contribution in [0.4, 0.5) is 0 Å². The minimum Gasteiger partial charge on any atom is -0.303 e. The van der Waals surface area contributed by atoms with E-state index in [1.807, 2.05) is 0 Å². The highest BCUT2D eigenvalue weighted by molar-refractivity contribution is 9.09. The first kappa shape index (κ1) is 8.25. The van der Waals surface area contributed by atoms with Crippen molar-refractivity contribution in [3.05, 3.63) is 0 Å². The average molecular weight is 205 g/mol. The molecule has 0 aliphatic heterocycles. The Balaban J connectivity index is 2.48. The van der Waals surface area contributed by atoms with Crippen LogP contribution in [-0.2, 0) is 4.79 Å². The van der Waals surface area contributed by atoms with Crippen molar-refractivity contribution in [3.8, 4) is 0 Å². The van der Waals surface area contributed by atoms with Gasteiger partial charge in [0.15, 0.2) is 0 Å². The van der Waals surface area contributed by atoms with E-state index >= 15 is 0 Å². The van der Waals surface area contributed by atoms with Gasteiger partial charge in [-0.3, -0.25) is 0 Å². The Kier molecular flexibility index (Phi) is 2.90. The van der Waals surface area contributed by atoms with Crippen molar-refractivity contribution < 1.29 is 4.79 Å². The summed E-state index contributed by atoms with van der Waals surface area (Å²) < 4.78 is 0. The summed E-state index contributed by atoms with van der Waals surface area (Å²) in [5, 5.41) is 0.999. The van der Waals surface area contributed by atoms with E-state index in [-0.39, 0.29) is 0 Å². The molecule has 58 valence electrons. The van der Waals surface area contributed by atoms with E-state index < -0.39 is 0 Å². The molecule has 0 amide bonds. The van der Waals surface area contributed by atoms with Crippen LogP contribution in [0.15, 0.2) is 0 Å². The monoisotopic (exact) mass is 204 g/mol. The van der Waals surface area contributed by atoms with Crippen LogP contribution in [-0.4, -0.2) is 11.6 Å². The van der Waals surface area contributed by atoms with Crippen LogP contribution in [0.3, 0.4) is 0 Å². The lowest BCUT2D eigenvalue weighted by Crippen LogP contribution is -2.18. The molecule has 1 saturated carbocycles. The van der Waals surface area contributed by atoms with E-state index in [4.69, 9.17) is 0 Å². The summed E-state index contributed by atoms with van der Waals surface area (Å²) in [4.78, 5) is 10.3. The lowest BCUT2D eigenvalue weighted by Gasteiger charge is -2.22. The third-order valence-corrected chi connectivity index (χ3v) is 3.65. The second-order valence-corrected chi connectivity index (χ2v) is 3.77. The van der Waals surface area contributed by atoms with Gasteiger partial charge in [0, 0.05) is 11.8 Å². The molecule has 0 aromatic rings. The van der Waals surface area contributed by atoms with Gasteiger partial charge in [0.25, 0.3) is 0 Å². The van der Waals surface area contributed by atoms with Crippen LogP contribution in [0.5, 0.6) is 0 Å². The molecule has 0 N–H and O–H groups in total. The Morgan fingerprint density at radius 2 is 2.00 bits per heavy atom. The van der Waals surface area contributed by atoms with E-state index in [1.165, 1.54) is 25.7 Å². The Labute approximate surface area is 70.3 Å². The number of aldehydes is 1. The summed E-state index contributed by atoms with van der Waals surface area (Å²) in [5.41, 5.74) is 0.335. The smallest absolute Gasteiger partial charge is 0.120 e. The summed E-state index contributed by atoms with van der Waals surface area (Å²) in [5.74, 6) is 0. The first-order valence-corrected chi connectivity index (χ1v) is 4.95. The molecule has 1 aliphatic carbocycles. The van der Waals surface area contributed by atoms with Crippen molar-refractivity contribution >= 4 is 22.2 Å². The van der Waals surface area contributed by atoms with Gasteiger partial charge >= 0.3 is 0 Å². The third kappa shape index (κ3) is 1.60. The molecule has 10 heavy (non-hydrogen) atoms. The molecule has 2 heteroatoms. The predicted octanol–water partition coefficient (Wildman–Crippen LogP) is 2.53. The van der Waals surface area contributed by atoms with Crippen molar-refractivity contribution in [2.45, 2.75) is 32.1 Å². The van der Waals surface area contributed by atoms with E-state index in [9.17, 15) is 4.79 Å². The molecule has 0 spiro atoms. The van der Waals surface area contributed by atoms with Gasteiger partial charge in [-0.25, -0.2) is 0 Å². The molecule has 0 heterocycles. The van der Waals surface area contributed by atoms with Gasteiger partial charge in [0.2, 0.25) is 0 Å². The molecule has 1 nitrogen and oxygen atoms in total. The molecular formula is C8H13BrO. The van der Waals surface area contributed by atoms with Crippen LogP contribution in [0.1, 0.15) is 32.1 Å². The molecular weight excluding hydrogens is 192 g/mol. The van der Waals surface area contributed by atoms with Crippen molar-refractivity contribution in [2.24, 2.45) is 5.41 Å². The second kappa shape index (κ2) is 3.51. The molecule has 0 aromatic carbocycles. The van der Waals surface area contributed by atoms with Gasteiger partial charge in [-0.2, -0.15) is 0 Å². The van der Waals surface area contributed by atoms with E-state index in [2.05, 4.69) is 15.9 Å². The summed E-state index contributed by atoms with van der Waals surface area (Å²) in [6, 6.07) is 0. The predicted molar refractivity (Wildman–Crippen MR) is 45.4 cm³/mol. The van der Waals surface area contributed by atoms with Gasteiger partial charge in [-0.1, -0.05) is 28.8 Å². The van der Waals surface area contributed by atoms with E-state index in [1.54, 1.807) is 0 Å². The molecule has 0 unspecified atom stereocenters. The molecule has 0 bridgehead atoms. The Bertz CT molecular complexity index is 116. The fourth-order valence-corrected chi connectivity index (χ4v) is 2.48. The zero-order chi connectivity index (χ0) is 7.45. The normalized spacial score (nSPS) is 22.9. The lowest BCUT2D eigenvalue weighted by molar-refractivity contribution is -0.109. The van der Waals surface area contributed by atoms with Crippen LogP contribution in [0.2, 0.25) is 0 Å². The van der Waals surface area contributed by atoms with Gasteiger partial charge < -0.3 is 4.79 Å². The van der Waals surface area contributed by atoms with E-state index in [0.717, 1.165) is 18.0 Å². The standard InChI is InChI=1S/C8H13BrO/c9-7-8(5-6-10)3-1-2-4-8/h6H,1-5,7H2. The number of carbonyl (C=O) groups is 1. The summed E-state index contributed by atoms with van der Waals surface area (Å²) in [6.07, 6.45) is 6.89. The zero-order valence-electron chi connectivity index (χ0n) is 6.11. The molecule has 1 aliphatic rings. The first-order valence-electron chi connectivity index (χ1n) is 3.83. The molecule has 1 fully saturated rings. The number of carbonyl (C=O) groups excluding carboxylic acids is 1.